The first kappa shape index (κ1) is 22.9. The Kier molecular flexibility index (Phi) is 18.1. The first-order valence-corrected chi connectivity index (χ1v) is 10.4. The van der Waals surface area contributed by atoms with E-state index in [1.165, 1.54) is 77.0 Å². The highest BCUT2D eigenvalue weighted by Crippen LogP contribution is 2.14. The summed E-state index contributed by atoms with van der Waals surface area (Å²) in [5.74, 6) is 0. The van der Waals surface area contributed by atoms with Gasteiger partial charge in [0.05, 0.1) is 6.10 Å². The van der Waals surface area contributed by atoms with Crippen molar-refractivity contribution in [3.8, 4) is 0 Å². The van der Waals surface area contributed by atoms with Gasteiger partial charge in [-0.3, -0.25) is 0 Å². The third kappa shape index (κ3) is 16.5. The lowest BCUT2D eigenvalue weighted by atomic mass is 9.99. The summed E-state index contributed by atoms with van der Waals surface area (Å²) in [6.45, 7) is 2.94. The lowest BCUT2D eigenvalue weighted by Gasteiger charge is -2.18. The average molecular weight is 329 g/mol. The van der Waals surface area contributed by atoms with Crippen LogP contribution in [0.2, 0.25) is 0 Å². The van der Waals surface area contributed by atoms with Crippen molar-refractivity contribution >= 4 is 0 Å². The van der Waals surface area contributed by atoms with Crippen molar-refractivity contribution in [3.63, 3.8) is 0 Å². The molecule has 0 radical (unpaired) electrons. The molecule has 3 heteroatoms. The van der Waals surface area contributed by atoms with Gasteiger partial charge in [-0.15, -0.1) is 0 Å². The van der Waals surface area contributed by atoms with Crippen LogP contribution in [0.3, 0.4) is 0 Å². The van der Waals surface area contributed by atoms with Crippen molar-refractivity contribution in [3.05, 3.63) is 0 Å². The SMILES string of the molecule is CCCCCCCCCCCCCCCC(O)C(N)CCCN. The molecule has 0 fully saturated rings. The van der Waals surface area contributed by atoms with E-state index in [-0.39, 0.29) is 12.1 Å². The molecular formula is C20H44N2O. The Labute approximate surface area is 145 Å². The Hall–Kier alpha value is -0.120. The Morgan fingerprint density at radius 3 is 1.52 bits per heavy atom. The Morgan fingerprint density at radius 2 is 1.09 bits per heavy atom. The molecule has 0 rings (SSSR count). The van der Waals surface area contributed by atoms with Gasteiger partial charge in [0.25, 0.3) is 0 Å². The summed E-state index contributed by atoms with van der Waals surface area (Å²) in [5, 5.41) is 9.96. The van der Waals surface area contributed by atoms with E-state index in [0.717, 1.165) is 25.7 Å². The molecule has 0 saturated carbocycles. The molecule has 0 aromatic carbocycles. The summed E-state index contributed by atoms with van der Waals surface area (Å²) in [7, 11) is 0. The minimum Gasteiger partial charge on any atom is -0.392 e. The monoisotopic (exact) mass is 328 g/mol. The van der Waals surface area contributed by atoms with Crippen molar-refractivity contribution in [2.24, 2.45) is 11.5 Å². The molecule has 3 nitrogen and oxygen atoms in total. The fraction of sp³-hybridized carbons (Fsp3) is 1.00. The van der Waals surface area contributed by atoms with Crippen molar-refractivity contribution in [1.29, 1.82) is 0 Å². The van der Waals surface area contributed by atoms with Gasteiger partial charge >= 0.3 is 0 Å². The summed E-state index contributed by atoms with van der Waals surface area (Å²) in [4.78, 5) is 0. The average Bonchev–Trinajstić information content (AvgIpc) is 2.56. The quantitative estimate of drug-likeness (QED) is 0.313. The van der Waals surface area contributed by atoms with Gasteiger partial charge in [-0.2, -0.15) is 0 Å². The predicted octanol–water partition coefficient (Wildman–Crippen LogP) is 4.89. The fourth-order valence-corrected chi connectivity index (χ4v) is 3.13. The Balaban J connectivity index is 3.18. The first-order valence-electron chi connectivity index (χ1n) is 10.4. The van der Waals surface area contributed by atoms with Crippen LogP contribution >= 0.6 is 0 Å². The third-order valence-electron chi connectivity index (χ3n) is 4.84. The molecule has 0 aromatic heterocycles. The standard InChI is InChI=1S/C20H44N2O/c1-2-3-4-5-6-7-8-9-10-11-12-13-14-17-20(23)19(22)16-15-18-21/h19-20,23H,2-18,21-22H2,1H3. The minimum absolute atomic E-state index is 0.0872. The van der Waals surface area contributed by atoms with E-state index in [1.807, 2.05) is 0 Å². The van der Waals surface area contributed by atoms with Crippen molar-refractivity contribution in [2.75, 3.05) is 6.54 Å². The molecule has 2 atom stereocenters. The summed E-state index contributed by atoms with van der Waals surface area (Å²) >= 11 is 0. The normalized spacial score (nSPS) is 14.1. The van der Waals surface area contributed by atoms with Crippen LogP contribution in [0.1, 0.15) is 110 Å². The molecule has 0 heterocycles. The number of rotatable bonds is 18. The zero-order valence-electron chi connectivity index (χ0n) is 15.8. The molecule has 140 valence electrons. The maximum absolute atomic E-state index is 9.96. The lowest BCUT2D eigenvalue weighted by Crippen LogP contribution is -2.35. The van der Waals surface area contributed by atoms with Crippen LogP contribution in [0.5, 0.6) is 0 Å². The number of hydrogen-bond acceptors (Lipinski definition) is 3. The smallest absolute Gasteiger partial charge is 0.0691 e. The largest absolute Gasteiger partial charge is 0.392 e. The van der Waals surface area contributed by atoms with E-state index in [4.69, 9.17) is 11.5 Å². The maximum atomic E-state index is 9.96. The zero-order chi connectivity index (χ0) is 17.2. The highest BCUT2D eigenvalue weighted by molar-refractivity contribution is 4.71. The first-order chi connectivity index (χ1) is 11.2. The van der Waals surface area contributed by atoms with Gasteiger partial charge in [-0.25, -0.2) is 0 Å². The molecule has 0 aliphatic rings. The molecular weight excluding hydrogens is 284 g/mol. The van der Waals surface area contributed by atoms with Crippen LogP contribution < -0.4 is 11.5 Å². The zero-order valence-corrected chi connectivity index (χ0v) is 15.8. The van der Waals surface area contributed by atoms with Crippen molar-refractivity contribution in [1.82, 2.24) is 0 Å². The Bertz CT molecular complexity index is 224. The van der Waals surface area contributed by atoms with E-state index in [9.17, 15) is 5.11 Å². The predicted molar refractivity (Wildman–Crippen MR) is 103 cm³/mol. The number of aliphatic hydroxyl groups excluding tert-OH is 1. The van der Waals surface area contributed by atoms with Gasteiger partial charge in [0.1, 0.15) is 0 Å². The minimum atomic E-state index is -0.339. The third-order valence-corrected chi connectivity index (χ3v) is 4.84. The molecule has 0 bridgehead atoms. The molecule has 0 amide bonds. The van der Waals surface area contributed by atoms with Crippen LogP contribution in [0.15, 0.2) is 0 Å². The molecule has 0 aromatic rings. The molecule has 23 heavy (non-hydrogen) atoms. The van der Waals surface area contributed by atoms with Gasteiger partial charge < -0.3 is 16.6 Å². The fourth-order valence-electron chi connectivity index (χ4n) is 3.13. The van der Waals surface area contributed by atoms with E-state index >= 15 is 0 Å². The van der Waals surface area contributed by atoms with Gasteiger partial charge in [-0.1, -0.05) is 90.4 Å². The molecule has 0 spiro atoms. The maximum Gasteiger partial charge on any atom is 0.0691 e. The molecule has 0 aliphatic heterocycles. The van der Waals surface area contributed by atoms with E-state index in [2.05, 4.69) is 6.92 Å². The molecule has 0 saturated heterocycles. The number of hydrogen-bond donors (Lipinski definition) is 3. The van der Waals surface area contributed by atoms with Crippen LogP contribution in [-0.2, 0) is 0 Å². The van der Waals surface area contributed by atoms with Gasteiger partial charge in [0.15, 0.2) is 0 Å². The highest BCUT2D eigenvalue weighted by Gasteiger charge is 2.13. The highest BCUT2D eigenvalue weighted by atomic mass is 16.3. The van der Waals surface area contributed by atoms with Gasteiger partial charge in [-0.05, 0) is 25.8 Å². The van der Waals surface area contributed by atoms with Gasteiger partial charge in [0, 0.05) is 6.04 Å². The van der Waals surface area contributed by atoms with E-state index in [0.29, 0.717) is 6.54 Å². The van der Waals surface area contributed by atoms with E-state index < -0.39 is 0 Å². The second-order valence-corrected chi connectivity index (χ2v) is 7.19. The summed E-state index contributed by atoms with van der Waals surface area (Å²) < 4.78 is 0. The van der Waals surface area contributed by atoms with Crippen molar-refractivity contribution < 1.29 is 5.11 Å². The van der Waals surface area contributed by atoms with Crippen LogP contribution in [-0.4, -0.2) is 23.8 Å². The van der Waals surface area contributed by atoms with Crippen molar-refractivity contribution in [2.45, 2.75) is 122 Å². The second-order valence-electron chi connectivity index (χ2n) is 7.19. The Morgan fingerprint density at radius 1 is 0.652 bits per heavy atom. The lowest BCUT2D eigenvalue weighted by molar-refractivity contribution is 0.127. The van der Waals surface area contributed by atoms with Crippen LogP contribution in [0, 0.1) is 0 Å². The topological polar surface area (TPSA) is 72.3 Å². The molecule has 5 N–H and O–H groups in total. The number of unbranched alkanes of at least 4 members (excludes halogenated alkanes) is 12. The summed E-state index contributed by atoms with van der Waals surface area (Å²) in [5.41, 5.74) is 11.4. The number of aliphatic hydroxyl groups is 1. The molecule has 0 aliphatic carbocycles. The molecule has 2 unspecified atom stereocenters. The van der Waals surface area contributed by atoms with Crippen LogP contribution in [0.25, 0.3) is 0 Å². The van der Waals surface area contributed by atoms with Crippen LogP contribution in [0.4, 0.5) is 0 Å². The summed E-state index contributed by atoms with van der Waals surface area (Å²) in [6, 6.07) is -0.0872. The second kappa shape index (κ2) is 18.2. The van der Waals surface area contributed by atoms with Gasteiger partial charge in [0.2, 0.25) is 0 Å². The van der Waals surface area contributed by atoms with E-state index in [1.54, 1.807) is 0 Å². The summed E-state index contributed by atoms with van der Waals surface area (Å²) in [6.07, 6.45) is 19.9. The number of nitrogens with two attached hydrogens (primary N) is 2.